The van der Waals surface area contributed by atoms with Crippen LogP contribution in [0.3, 0.4) is 0 Å². The Hall–Kier alpha value is -13.8. The zero-order valence-corrected chi connectivity index (χ0v) is 81.9. The summed E-state index contributed by atoms with van der Waals surface area (Å²) in [5.74, 6) is 0.304. The first-order valence-electron chi connectivity index (χ1n) is 47.3. The highest BCUT2D eigenvalue weighted by atomic mass is 32.2. The van der Waals surface area contributed by atoms with Gasteiger partial charge in [0.1, 0.15) is 55.1 Å². The summed E-state index contributed by atoms with van der Waals surface area (Å²) in [6.07, 6.45) is 2.17. The first-order valence-corrected chi connectivity index (χ1v) is 50.6. The van der Waals surface area contributed by atoms with E-state index in [1.54, 1.807) is 68.0 Å². The zero-order chi connectivity index (χ0) is 101. The molecule has 0 fully saturated rings. The summed E-state index contributed by atoms with van der Waals surface area (Å²) in [7, 11) is -4.27. The van der Waals surface area contributed by atoms with E-state index < -0.39 is 68.3 Å². The molecule has 5 amide bonds. The number of aliphatic hydroxyl groups is 5. The second-order valence-electron chi connectivity index (χ2n) is 35.8. The molecule has 8 heterocycles. The number of sulfone groups is 1. The summed E-state index contributed by atoms with van der Waals surface area (Å²) in [6.45, 7) is 12.1. The molecular weight excluding hydrogens is 1860 g/mol. The van der Waals surface area contributed by atoms with Crippen LogP contribution in [0.4, 0.5) is 0 Å². The topological polar surface area (TPSA) is 419 Å². The molecular formula is C108H122N14O19S2. The van der Waals surface area contributed by atoms with Crippen molar-refractivity contribution in [1.82, 2.24) is 70.3 Å². The van der Waals surface area contributed by atoms with Gasteiger partial charge in [0.15, 0.2) is 42.4 Å². The lowest BCUT2D eigenvalue weighted by Crippen LogP contribution is -2.43. The number of pyridine rings is 3. The molecule has 0 saturated heterocycles. The van der Waals surface area contributed by atoms with Crippen molar-refractivity contribution in [2.75, 3.05) is 112 Å². The molecule has 35 heteroatoms. The number of β-amino-alcohol motifs (C(OH)–C–C–N with tert-alkyl or cyclic N) is 5. The molecule has 143 heavy (non-hydrogen) atoms. The number of aliphatic hydroxyl groups excluding tert-OH is 5. The highest BCUT2D eigenvalue weighted by Gasteiger charge is 2.30. The Balaban J connectivity index is 0.000000142. The molecule has 5 aliphatic heterocycles. The molecule has 13 aromatic rings. The summed E-state index contributed by atoms with van der Waals surface area (Å²) in [5.41, 5.74) is 15.0. The van der Waals surface area contributed by atoms with Gasteiger partial charge in [-0.2, -0.15) is 0 Å². The van der Waals surface area contributed by atoms with Crippen LogP contribution in [-0.2, 0) is 109 Å². The number of nitrogens with one attached hydrogen (secondary N) is 5. The van der Waals surface area contributed by atoms with Crippen molar-refractivity contribution in [3.63, 3.8) is 0 Å². The Morgan fingerprint density at radius 3 is 0.832 bits per heavy atom. The average molecular weight is 1980 g/mol. The minimum absolute atomic E-state index is 0.00330. The smallest absolute Gasteiger partial charge is 0.260 e. The van der Waals surface area contributed by atoms with Crippen LogP contribution in [0.1, 0.15) is 62.6 Å². The van der Waals surface area contributed by atoms with Gasteiger partial charge >= 0.3 is 0 Å². The number of ether oxygens (including phenoxy) is 5. The third-order valence-electron chi connectivity index (χ3n) is 24.3. The van der Waals surface area contributed by atoms with E-state index in [4.69, 9.17) is 23.7 Å². The maximum absolute atomic E-state index is 12.4. The number of nitrogens with zero attached hydrogens (tertiary/aromatic N) is 9. The molecule has 6 atom stereocenters. The van der Waals surface area contributed by atoms with E-state index in [0.29, 0.717) is 50.0 Å². The molecule has 0 saturated carbocycles. The summed E-state index contributed by atoms with van der Waals surface area (Å²) in [4.78, 5) is 84.5. The maximum atomic E-state index is 12.4. The molecule has 750 valence electrons. The predicted molar refractivity (Wildman–Crippen MR) is 542 cm³/mol. The lowest BCUT2D eigenvalue weighted by Gasteiger charge is -2.21. The van der Waals surface area contributed by atoms with E-state index in [-0.39, 0.29) is 98.2 Å². The number of carbonyl (C=O) groups excluding carboxylic acids is 5. The van der Waals surface area contributed by atoms with Gasteiger partial charge in [0, 0.05) is 186 Å². The van der Waals surface area contributed by atoms with Crippen molar-refractivity contribution in [3.05, 3.63) is 335 Å². The van der Waals surface area contributed by atoms with Gasteiger partial charge in [-0.3, -0.25) is 63.4 Å². The van der Waals surface area contributed by atoms with Crippen LogP contribution >= 0.6 is 0 Å². The number of rotatable bonds is 38. The monoisotopic (exact) mass is 1980 g/mol. The Morgan fingerprint density at radius 1 is 0.315 bits per heavy atom. The lowest BCUT2D eigenvalue weighted by atomic mass is 10.1. The second kappa shape index (κ2) is 51.3. The predicted octanol–water partition coefficient (Wildman–Crippen LogP) is 8.48. The summed E-state index contributed by atoms with van der Waals surface area (Å²) < 4.78 is 77.2. The fourth-order valence-electron chi connectivity index (χ4n) is 17.2. The van der Waals surface area contributed by atoms with Crippen LogP contribution in [0.15, 0.2) is 289 Å². The van der Waals surface area contributed by atoms with Gasteiger partial charge in [-0.1, -0.05) is 200 Å². The Bertz CT molecular complexity index is 6450. The van der Waals surface area contributed by atoms with Crippen LogP contribution < -0.4 is 50.3 Å². The highest BCUT2D eigenvalue weighted by molar-refractivity contribution is 7.90. The lowest BCUT2D eigenvalue weighted by molar-refractivity contribution is -0.128. The van der Waals surface area contributed by atoms with Gasteiger partial charge < -0.3 is 75.8 Å². The van der Waals surface area contributed by atoms with Crippen molar-refractivity contribution < 1.29 is 90.0 Å². The van der Waals surface area contributed by atoms with Crippen molar-refractivity contribution in [2.24, 2.45) is 0 Å². The van der Waals surface area contributed by atoms with Crippen LogP contribution in [-0.4, -0.2) is 265 Å². The van der Waals surface area contributed by atoms with E-state index in [1.807, 2.05) is 133 Å². The second-order valence-corrected chi connectivity index (χ2v) is 39.9. The number of carbonyl (C=O) groups is 5. The fourth-order valence-corrected chi connectivity index (χ4v) is 19.0. The van der Waals surface area contributed by atoms with Gasteiger partial charge in [0.25, 0.3) is 29.5 Å². The van der Waals surface area contributed by atoms with Crippen molar-refractivity contribution in [3.8, 4) is 28.7 Å². The van der Waals surface area contributed by atoms with Crippen molar-refractivity contribution >= 4 is 82.1 Å². The molecule has 0 aliphatic carbocycles. The summed E-state index contributed by atoms with van der Waals surface area (Å²) in [5, 5.41) is 67.7. The minimum Gasteiger partial charge on any atom is -0.482 e. The van der Waals surface area contributed by atoms with Gasteiger partial charge in [-0.15, -0.1) is 0 Å². The third-order valence-corrected chi connectivity index (χ3v) is 27.3. The molecule has 0 spiro atoms. The summed E-state index contributed by atoms with van der Waals surface area (Å²) >= 11 is 0. The molecule has 3 aromatic heterocycles. The van der Waals surface area contributed by atoms with Crippen molar-refractivity contribution in [1.29, 1.82) is 0 Å². The van der Waals surface area contributed by atoms with Gasteiger partial charge in [-0.05, 0) is 123 Å². The van der Waals surface area contributed by atoms with Crippen LogP contribution in [0.5, 0.6) is 28.7 Å². The van der Waals surface area contributed by atoms with Crippen LogP contribution in [0.2, 0.25) is 0 Å². The number of benzene rings is 10. The number of hydrogen-bond acceptors (Lipinski definition) is 27. The number of aromatic nitrogens is 3. The minimum atomic E-state index is -3.69. The SMILES string of the molecule is CN(C)S(=O)(=O)c1ccccc1OCC(=O)NCC(O)CN1Cc2ccccc2C1.CS(=O)(=O)c1ccccc1OCC(=O)NCC(O)CN1Cc2ccccc2C1.C[C@H](Oc1cccc2cccnc12)C(=O)NC[C@@H](O)CN1Cc2ccccc2C1.O=C(COc1cccc2cccnc12)NCC(O)CN1Cc2ccccc2C1.O=C(COc1cccc2cccnc12)NC[C@@H](O)CN1Cc2ccccc2C1. The van der Waals surface area contributed by atoms with Gasteiger partial charge in [-0.25, -0.2) is 21.1 Å². The number of fused-ring (bicyclic) bond motifs is 8. The number of sulfonamides is 1. The Morgan fingerprint density at radius 2 is 0.545 bits per heavy atom. The highest BCUT2D eigenvalue weighted by Crippen LogP contribution is 2.32. The molecule has 5 aliphatic rings. The first-order chi connectivity index (χ1) is 69.1. The van der Waals surface area contributed by atoms with E-state index in [9.17, 15) is 66.3 Å². The summed E-state index contributed by atoms with van der Waals surface area (Å²) in [6, 6.07) is 81.8. The number of amides is 5. The van der Waals surface area contributed by atoms with Crippen LogP contribution in [0.25, 0.3) is 32.7 Å². The molecule has 3 unspecified atom stereocenters. The average Bonchev–Trinajstić information content (AvgIpc) is 1.81. The molecule has 18 rings (SSSR count). The Kier molecular flexibility index (Phi) is 37.7. The first kappa shape index (κ1) is 105. The van der Waals surface area contributed by atoms with Gasteiger partial charge in [0.2, 0.25) is 10.0 Å². The third kappa shape index (κ3) is 30.9. The number of hydrogen-bond donors (Lipinski definition) is 10. The van der Waals surface area contributed by atoms with Crippen LogP contribution in [0, 0.1) is 0 Å². The largest absolute Gasteiger partial charge is 0.482 e. The molecule has 0 radical (unpaired) electrons. The molecule has 0 bridgehead atoms. The zero-order valence-electron chi connectivity index (χ0n) is 80.3. The maximum Gasteiger partial charge on any atom is 0.260 e. The van der Waals surface area contributed by atoms with E-state index in [0.717, 1.165) is 109 Å². The van der Waals surface area contributed by atoms with E-state index in [2.05, 4.69) is 127 Å². The van der Waals surface area contributed by atoms with Gasteiger partial charge in [0.05, 0.1) is 30.5 Å². The quantitative estimate of drug-likeness (QED) is 0.0173. The molecule has 10 aromatic carbocycles. The fraction of sp³-hybridized carbons (Fsp3) is 0.315. The van der Waals surface area contributed by atoms with E-state index in [1.165, 1.54) is 94.0 Å². The standard InChI is InChI=1S/C23H25N3O3.2C22H23N3O3.C21H27N3O5S.C20H24N2O5S/c1-16(29-21-10-4-8-17-9-5-11-24-22(17)21)23(28)25-12-20(27)15-26-13-18-6-2-3-7-19(18)14-26;2*26-19(14-25-12-17-5-1-2-6-18(17)13-25)11-24-21(27)15-28-20-9-3-7-16-8-4-10-23-22(16)20;1-23(2)30(27,28)20-10-6-5-9-19(20)29-15-21(26)22-11-18(25)14-24-12-16-7-3-4-8-17(16)13-24;1-28(25,26)19-9-5-4-8-18(19)27-14-20(24)21-10-17(23)13-22-11-15-6-2-3-7-16(15)12-22/h2-11,16,20,27H,12-15H2,1H3,(H,25,28);2*1-10,19,26H,11-15H2,(H,24,27);3-10,18,25H,11-15H2,1-2H3,(H,22,26);2-9,17,23H,10-14H2,1H3,(H,21,24)/t16-,20+;19-;;;/m01.../s1. The Labute approximate surface area is 832 Å². The van der Waals surface area contributed by atoms with E-state index >= 15 is 0 Å². The van der Waals surface area contributed by atoms with Crippen molar-refractivity contribution in [2.45, 2.75) is 119 Å². The number of para-hydroxylation sites is 5. The normalized spacial score (nSPS) is 15.0. The molecule has 33 nitrogen and oxygen atoms in total. The molecule has 10 N–H and O–H groups in total.